The average molecular weight is 244 g/mol. The van der Waals surface area contributed by atoms with Gasteiger partial charge in [0, 0.05) is 18.3 Å². The first-order chi connectivity index (χ1) is 7.99. The molecule has 0 aliphatic carbocycles. The van der Waals surface area contributed by atoms with Gasteiger partial charge in [0.25, 0.3) is 6.43 Å². The molecule has 0 aliphatic rings. The Morgan fingerprint density at radius 1 is 1.35 bits per heavy atom. The minimum absolute atomic E-state index is 0.306. The number of hydrogen-bond donors (Lipinski definition) is 1. The van der Waals surface area contributed by atoms with Gasteiger partial charge in [-0.05, 0) is 19.1 Å². The maximum atomic E-state index is 12.1. The molecule has 1 N–H and O–H groups in total. The van der Waals surface area contributed by atoms with Crippen LogP contribution in [-0.4, -0.2) is 24.1 Å². The summed E-state index contributed by atoms with van der Waals surface area (Å²) in [4.78, 5) is 4.29. The molecule has 0 saturated carbocycles. The summed E-state index contributed by atoms with van der Waals surface area (Å²) in [7, 11) is 0. The van der Waals surface area contributed by atoms with E-state index < -0.39 is 13.0 Å². The third kappa shape index (κ3) is 5.08. The van der Waals surface area contributed by atoms with Crippen molar-refractivity contribution in [2.75, 3.05) is 6.61 Å². The first kappa shape index (κ1) is 13.8. The Morgan fingerprint density at radius 3 is 2.65 bits per heavy atom. The molecular weight excluding hydrogens is 226 g/mol. The normalized spacial score (nSPS) is 11.2. The van der Waals surface area contributed by atoms with Crippen LogP contribution in [0.3, 0.4) is 0 Å². The van der Waals surface area contributed by atoms with Crippen molar-refractivity contribution in [2.45, 2.75) is 39.8 Å². The molecule has 0 aromatic carbocycles. The van der Waals surface area contributed by atoms with Gasteiger partial charge in [-0.2, -0.15) is 0 Å². The fourth-order valence-corrected chi connectivity index (χ4v) is 1.31. The topological polar surface area (TPSA) is 34.1 Å². The summed E-state index contributed by atoms with van der Waals surface area (Å²) < 4.78 is 29.2. The van der Waals surface area contributed by atoms with Gasteiger partial charge >= 0.3 is 0 Å². The molecule has 17 heavy (non-hydrogen) atoms. The summed E-state index contributed by atoms with van der Waals surface area (Å²) in [5.41, 5.74) is 1.51. The molecule has 0 bridgehead atoms. The minimum Gasteiger partial charge on any atom is -0.486 e. The maximum absolute atomic E-state index is 12.1. The Hall–Kier alpha value is -1.23. The number of nitrogens with one attached hydrogen (secondary N) is 1. The van der Waals surface area contributed by atoms with Crippen molar-refractivity contribution in [3.8, 4) is 5.75 Å². The highest BCUT2D eigenvalue weighted by Gasteiger charge is 2.09. The summed E-state index contributed by atoms with van der Waals surface area (Å²) in [6.45, 7) is 5.79. The van der Waals surface area contributed by atoms with Crippen molar-refractivity contribution < 1.29 is 13.5 Å². The van der Waals surface area contributed by atoms with Gasteiger partial charge in [-0.1, -0.05) is 13.8 Å². The third-order valence-corrected chi connectivity index (χ3v) is 2.11. The van der Waals surface area contributed by atoms with Crippen molar-refractivity contribution in [2.24, 2.45) is 0 Å². The zero-order valence-corrected chi connectivity index (χ0v) is 10.3. The highest BCUT2D eigenvalue weighted by molar-refractivity contribution is 5.29. The van der Waals surface area contributed by atoms with Gasteiger partial charge in [0.15, 0.2) is 0 Å². The molecule has 1 aromatic rings. The second kappa shape index (κ2) is 6.49. The Bertz CT molecular complexity index is 356. The molecular formula is C12H18F2N2O. The van der Waals surface area contributed by atoms with Crippen LogP contribution in [0.2, 0.25) is 0 Å². The van der Waals surface area contributed by atoms with Crippen molar-refractivity contribution in [1.82, 2.24) is 10.3 Å². The molecule has 0 atom stereocenters. The predicted molar refractivity (Wildman–Crippen MR) is 62.4 cm³/mol. The van der Waals surface area contributed by atoms with Crippen LogP contribution in [0, 0.1) is 6.92 Å². The first-order valence-corrected chi connectivity index (χ1v) is 5.60. The number of pyridine rings is 1. The molecule has 0 unspecified atom stereocenters. The van der Waals surface area contributed by atoms with Gasteiger partial charge in [0.2, 0.25) is 0 Å². The number of nitrogens with zero attached hydrogens (tertiary/aromatic N) is 1. The van der Waals surface area contributed by atoms with E-state index in [0.717, 1.165) is 5.69 Å². The molecule has 1 aromatic heterocycles. The summed E-state index contributed by atoms with van der Waals surface area (Å²) in [6.07, 6.45) is -2.47. The van der Waals surface area contributed by atoms with Crippen LogP contribution in [0.1, 0.15) is 25.2 Å². The highest BCUT2D eigenvalue weighted by Crippen LogP contribution is 2.17. The zero-order chi connectivity index (χ0) is 12.8. The molecule has 3 nitrogen and oxygen atoms in total. The third-order valence-electron chi connectivity index (χ3n) is 2.11. The monoisotopic (exact) mass is 244 g/mol. The lowest BCUT2D eigenvalue weighted by Gasteiger charge is -2.13. The van der Waals surface area contributed by atoms with Crippen LogP contribution in [0.25, 0.3) is 0 Å². The summed E-state index contributed by atoms with van der Waals surface area (Å²) >= 11 is 0. The summed E-state index contributed by atoms with van der Waals surface area (Å²) in [5, 5.41) is 3.19. The lowest BCUT2D eigenvalue weighted by molar-refractivity contribution is 0.0811. The van der Waals surface area contributed by atoms with Gasteiger partial charge in [-0.3, -0.25) is 4.98 Å². The number of aromatic nitrogens is 1. The van der Waals surface area contributed by atoms with Crippen LogP contribution >= 0.6 is 0 Å². The molecule has 1 rings (SSSR count). The number of halogens is 2. The van der Waals surface area contributed by atoms with E-state index in [9.17, 15) is 8.78 Å². The Balaban J connectivity index is 2.72. The maximum Gasteiger partial charge on any atom is 0.272 e. The first-order valence-electron chi connectivity index (χ1n) is 5.60. The lowest BCUT2D eigenvalue weighted by atomic mass is 10.2. The smallest absolute Gasteiger partial charge is 0.272 e. The number of aryl methyl sites for hydroxylation is 1. The number of alkyl halides is 2. The van der Waals surface area contributed by atoms with Gasteiger partial charge in [-0.15, -0.1) is 0 Å². The Kier molecular flexibility index (Phi) is 5.28. The molecule has 0 aliphatic heterocycles. The quantitative estimate of drug-likeness (QED) is 0.835. The van der Waals surface area contributed by atoms with E-state index in [1.807, 2.05) is 20.8 Å². The second-order valence-electron chi connectivity index (χ2n) is 4.14. The largest absolute Gasteiger partial charge is 0.486 e. The van der Waals surface area contributed by atoms with Crippen molar-refractivity contribution >= 4 is 0 Å². The van der Waals surface area contributed by atoms with Crippen LogP contribution in [-0.2, 0) is 6.54 Å². The van der Waals surface area contributed by atoms with E-state index in [1.165, 1.54) is 0 Å². The SMILES string of the molecule is Cc1ccc(OCC(F)F)c(CNC(C)C)n1. The van der Waals surface area contributed by atoms with Crippen molar-refractivity contribution in [3.63, 3.8) is 0 Å². The van der Waals surface area contributed by atoms with Crippen molar-refractivity contribution in [1.29, 1.82) is 0 Å². The number of ether oxygens (including phenoxy) is 1. The van der Waals surface area contributed by atoms with Crippen LogP contribution in [0.15, 0.2) is 12.1 Å². The number of rotatable bonds is 6. The Labute approximate surface area is 100 Å². The van der Waals surface area contributed by atoms with Gasteiger partial charge < -0.3 is 10.1 Å². The molecule has 5 heteroatoms. The molecule has 96 valence electrons. The molecule has 0 saturated heterocycles. The average Bonchev–Trinajstić information content (AvgIpc) is 2.24. The molecule has 0 fully saturated rings. The van der Waals surface area contributed by atoms with E-state index in [1.54, 1.807) is 12.1 Å². The molecule has 0 spiro atoms. The summed E-state index contributed by atoms with van der Waals surface area (Å²) in [5.74, 6) is 0.420. The molecule has 1 heterocycles. The van der Waals surface area contributed by atoms with Crippen LogP contribution in [0.4, 0.5) is 8.78 Å². The predicted octanol–water partition coefficient (Wildman–Crippen LogP) is 2.53. The zero-order valence-electron chi connectivity index (χ0n) is 10.3. The number of hydrogen-bond acceptors (Lipinski definition) is 3. The van der Waals surface area contributed by atoms with E-state index in [2.05, 4.69) is 10.3 Å². The van der Waals surface area contributed by atoms with E-state index >= 15 is 0 Å². The van der Waals surface area contributed by atoms with E-state index in [0.29, 0.717) is 24.0 Å². The lowest BCUT2D eigenvalue weighted by Crippen LogP contribution is -2.23. The van der Waals surface area contributed by atoms with E-state index in [-0.39, 0.29) is 0 Å². The van der Waals surface area contributed by atoms with Crippen LogP contribution in [0.5, 0.6) is 5.75 Å². The van der Waals surface area contributed by atoms with Crippen LogP contribution < -0.4 is 10.1 Å². The molecule has 0 radical (unpaired) electrons. The van der Waals surface area contributed by atoms with E-state index in [4.69, 9.17) is 4.74 Å². The van der Waals surface area contributed by atoms with Crippen molar-refractivity contribution in [3.05, 3.63) is 23.5 Å². The highest BCUT2D eigenvalue weighted by atomic mass is 19.3. The Morgan fingerprint density at radius 2 is 2.06 bits per heavy atom. The van der Waals surface area contributed by atoms with Gasteiger partial charge in [0.1, 0.15) is 12.4 Å². The minimum atomic E-state index is -2.47. The second-order valence-corrected chi connectivity index (χ2v) is 4.14. The van der Waals surface area contributed by atoms with Gasteiger partial charge in [-0.25, -0.2) is 8.78 Å². The van der Waals surface area contributed by atoms with Gasteiger partial charge in [0.05, 0.1) is 5.69 Å². The molecule has 0 amide bonds. The fourth-order valence-electron chi connectivity index (χ4n) is 1.31. The fraction of sp³-hybridized carbons (Fsp3) is 0.583. The standard InChI is InChI=1S/C12H18F2N2O/c1-8(2)15-6-10-11(17-7-12(13)14)5-4-9(3)16-10/h4-5,8,12,15H,6-7H2,1-3H3. The summed E-state index contributed by atoms with van der Waals surface area (Å²) in [6, 6.07) is 3.74.